The number of primary amides is 3. The summed E-state index contributed by atoms with van der Waals surface area (Å²) in [6.07, 6.45) is 5.34. The van der Waals surface area contributed by atoms with E-state index in [1.54, 1.807) is 0 Å². The third-order valence-corrected chi connectivity index (χ3v) is 13.5. The van der Waals surface area contributed by atoms with Gasteiger partial charge < -0.3 is 74.6 Å². The van der Waals surface area contributed by atoms with Gasteiger partial charge in [-0.1, -0.05) is 90.2 Å². The number of phenolic OH excluding ortho intramolecular Hbond substituents is 1. The zero-order valence-electron chi connectivity index (χ0n) is 44.0. The molecule has 0 aromatic heterocycles. The number of aliphatic carboxylic acids is 1. The number of aromatic hydroxyl groups is 1. The normalized spacial score (nSPS) is 24.0. The zero-order valence-corrected chi connectivity index (χ0v) is 44.0. The van der Waals surface area contributed by atoms with Gasteiger partial charge in [0.15, 0.2) is 0 Å². The molecule has 0 radical (unpaired) electrons. The Bertz CT molecular complexity index is 2230. The summed E-state index contributed by atoms with van der Waals surface area (Å²) in [6.45, 7) is 3.29. The molecule has 77 heavy (non-hydrogen) atoms. The van der Waals surface area contributed by atoms with Gasteiger partial charge in [0.2, 0.25) is 65.0 Å². The first-order chi connectivity index (χ1) is 36.5. The fourth-order valence-electron chi connectivity index (χ4n) is 9.03. The van der Waals surface area contributed by atoms with Crippen molar-refractivity contribution in [1.29, 1.82) is 0 Å². The predicted octanol–water partition coefficient (Wildman–Crippen LogP) is -1.85. The topological polar surface area (TPSA) is 431 Å². The fraction of sp³-hybridized carbons (Fsp3) is 0.647. The van der Waals surface area contributed by atoms with Crippen molar-refractivity contribution in [2.75, 3.05) is 13.2 Å². The highest BCUT2D eigenvalue weighted by molar-refractivity contribution is 6.00. The molecule has 3 rings (SSSR count). The van der Waals surface area contributed by atoms with E-state index in [2.05, 4.69) is 51.1 Å². The lowest BCUT2D eigenvalue weighted by Crippen LogP contribution is -2.60. The van der Waals surface area contributed by atoms with Crippen molar-refractivity contribution in [3.63, 3.8) is 0 Å². The molecule has 1 aromatic rings. The molecule has 2 saturated heterocycles. The van der Waals surface area contributed by atoms with Crippen molar-refractivity contribution in [2.45, 2.75) is 191 Å². The van der Waals surface area contributed by atoms with Gasteiger partial charge in [0.1, 0.15) is 48.0 Å². The summed E-state index contributed by atoms with van der Waals surface area (Å²) >= 11 is 0. The summed E-state index contributed by atoms with van der Waals surface area (Å²) in [7, 11) is 0. The molecular formula is C51H79N11O15. The number of unbranched alkanes of at least 4 members (excludes halogenated alkanes) is 7. The van der Waals surface area contributed by atoms with E-state index in [1.165, 1.54) is 30.7 Å². The summed E-state index contributed by atoms with van der Waals surface area (Å²) in [5.41, 5.74) is 16.6. The van der Waals surface area contributed by atoms with Gasteiger partial charge >= 0.3 is 5.97 Å². The Kier molecular flexibility index (Phi) is 27.3. The average Bonchev–Trinajstić information content (AvgIpc) is 3.86. The molecule has 26 heteroatoms. The molecule has 0 spiro atoms. The number of nitrogens with one attached hydrogen (secondary N) is 7. The Hall–Kier alpha value is -7.38. The number of rotatable bonds is 24. The maximum absolute atomic E-state index is 14.3. The number of benzene rings is 1. The van der Waals surface area contributed by atoms with Crippen molar-refractivity contribution in [1.82, 2.24) is 42.1 Å². The van der Waals surface area contributed by atoms with E-state index in [4.69, 9.17) is 17.2 Å². The van der Waals surface area contributed by atoms with Crippen molar-refractivity contribution >= 4 is 70.9 Å². The molecule has 2 aliphatic heterocycles. The molecular weight excluding hydrogens is 1010 g/mol. The smallest absolute Gasteiger partial charge is 0.305 e. The van der Waals surface area contributed by atoms with Crippen LogP contribution in [-0.4, -0.2) is 153 Å². The van der Waals surface area contributed by atoms with Crippen molar-refractivity contribution < 1.29 is 72.9 Å². The Morgan fingerprint density at radius 1 is 0.610 bits per heavy atom. The Balaban J connectivity index is 2.09. The molecule has 428 valence electrons. The molecule has 0 unspecified atom stereocenters. The molecule has 9 atom stereocenters. The van der Waals surface area contributed by atoms with Gasteiger partial charge in [-0.3, -0.25) is 57.5 Å². The number of aliphatic hydroxyl groups excluding tert-OH is 1. The third-order valence-electron chi connectivity index (χ3n) is 13.5. The predicted molar refractivity (Wildman–Crippen MR) is 276 cm³/mol. The minimum atomic E-state index is -1.88. The summed E-state index contributed by atoms with van der Waals surface area (Å²) in [4.78, 5) is 162. The number of nitrogens with two attached hydrogens (primary N) is 3. The number of carbonyl (C=O) groups is 12. The lowest BCUT2D eigenvalue weighted by Gasteiger charge is -2.31. The zero-order chi connectivity index (χ0) is 57.2. The van der Waals surface area contributed by atoms with Crippen LogP contribution in [-0.2, 0) is 64.0 Å². The highest BCUT2D eigenvalue weighted by Crippen LogP contribution is 2.21. The van der Waals surface area contributed by atoms with Crippen LogP contribution in [0.5, 0.6) is 5.75 Å². The van der Waals surface area contributed by atoms with Gasteiger partial charge in [0.05, 0.1) is 25.9 Å². The second-order valence-electron chi connectivity index (χ2n) is 19.9. The van der Waals surface area contributed by atoms with E-state index in [1.807, 2.05) is 0 Å². The van der Waals surface area contributed by atoms with Gasteiger partial charge in [-0.05, 0) is 49.3 Å². The molecule has 11 amide bonds. The van der Waals surface area contributed by atoms with Crippen molar-refractivity contribution in [3.8, 4) is 5.75 Å². The molecule has 1 aromatic carbocycles. The maximum Gasteiger partial charge on any atom is 0.305 e. The second kappa shape index (κ2) is 32.9. The number of aliphatic hydroxyl groups is 1. The third kappa shape index (κ3) is 23.2. The highest BCUT2D eigenvalue weighted by Gasteiger charge is 2.41. The minimum absolute atomic E-state index is 0.00402. The Morgan fingerprint density at radius 2 is 1.10 bits per heavy atom. The lowest BCUT2D eigenvalue weighted by molar-refractivity contribution is -0.143. The number of hydrogen-bond donors (Lipinski definition) is 13. The van der Waals surface area contributed by atoms with Crippen LogP contribution in [0.15, 0.2) is 24.3 Å². The van der Waals surface area contributed by atoms with Gasteiger partial charge in [-0.25, -0.2) is 0 Å². The Morgan fingerprint density at radius 3 is 1.65 bits per heavy atom. The number of carboxylic acids is 1. The van der Waals surface area contributed by atoms with Gasteiger partial charge in [-0.15, -0.1) is 0 Å². The first kappa shape index (κ1) is 63.9. The number of amides is 11. The minimum Gasteiger partial charge on any atom is -0.508 e. The highest BCUT2D eigenvalue weighted by atomic mass is 16.4. The van der Waals surface area contributed by atoms with Crippen molar-refractivity contribution in [2.24, 2.45) is 23.1 Å². The van der Waals surface area contributed by atoms with E-state index in [0.717, 1.165) is 49.8 Å². The number of fused-ring (bicyclic) bond motifs is 1. The summed E-state index contributed by atoms with van der Waals surface area (Å²) in [6, 6.07) is -7.69. The van der Waals surface area contributed by atoms with Crippen molar-refractivity contribution in [3.05, 3.63) is 29.8 Å². The van der Waals surface area contributed by atoms with E-state index in [9.17, 15) is 72.9 Å². The quantitative estimate of drug-likeness (QED) is 0.0506. The van der Waals surface area contributed by atoms with Gasteiger partial charge in [0.25, 0.3) is 0 Å². The molecule has 0 bridgehead atoms. The second-order valence-corrected chi connectivity index (χ2v) is 19.9. The van der Waals surface area contributed by atoms with E-state index < -0.39 is 164 Å². The average molecular weight is 1090 g/mol. The molecule has 2 aliphatic rings. The monoisotopic (exact) mass is 1090 g/mol. The van der Waals surface area contributed by atoms with Crippen LogP contribution in [0.3, 0.4) is 0 Å². The summed E-state index contributed by atoms with van der Waals surface area (Å²) < 4.78 is 0. The van der Waals surface area contributed by atoms with E-state index in [-0.39, 0.29) is 38.0 Å². The van der Waals surface area contributed by atoms with Crippen LogP contribution in [0.1, 0.15) is 141 Å². The maximum atomic E-state index is 14.3. The number of carboxylic acid groups (broad SMARTS) is 1. The van der Waals surface area contributed by atoms with Gasteiger partial charge in [0, 0.05) is 31.8 Å². The number of phenols is 1. The van der Waals surface area contributed by atoms with E-state index in [0.29, 0.717) is 24.3 Å². The fourth-order valence-corrected chi connectivity index (χ4v) is 9.03. The van der Waals surface area contributed by atoms with Crippen LogP contribution >= 0.6 is 0 Å². The lowest BCUT2D eigenvalue weighted by atomic mass is 9.99. The van der Waals surface area contributed by atoms with E-state index >= 15 is 0 Å². The SMILES string of the molecule is CC[C@H](C)CCCCCCCCCC[C@H]1CC(=O)N[C@@H](CC(=O)O)C(=O)N[C@H](Cc2ccc(O)cc2)C(=O)N[C@H](CC(N)=O)C(=O)N[C@@H](CCC(N)=O)C(=O)N2CCC[C@H]2C(=O)N[C@@H](CC(N)=O)C(=O)N[C@H](CO)C(=O)N1. The van der Waals surface area contributed by atoms with Crippen LogP contribution in [0.2, 0.25) is 0 Å². The largest absolute Gasteiger partial charge is 0.508 e. The molecule has 26 nitrogen and oxygen atoms in total. The number of carbonyl (C=O) groups excluding carboxylic acids is 11. The van der Waals surface area contributed by atoms with Gasteiger partial charge in [-0.2, -0.15) is 0 Å². The summed E-state index contributed by atoms with van der Waals surface area (Å²) in [5, 5.41) is 47.0. The van der Waals surface area contributed by atoms with Crippen LogP contribution in [0.4, 0.5) is 0 Å². The summed E-state index contributed by atoms with van der Waals surface area (Å²) in [5.74, 6) is -12.7. The Labute approximate surface area is 447 Å². The van der Waals surface area contributed by atoms with Crippen LogP contribution in [0, 0.1) is 5.92 Å². The standard InChI is InChI=1S/C51H79N11O15/c1-3-29(2)13-10-8-6-4-5-7-9-11-14-31-24-43(68)56-37(27-44(69)70)48(74)58-34(23-30-16-18-32(64)19-17-30)45(71)59-35(25-41(53)66)46(72)57-33(20-21-40(52)65)51(77)62-22-12-15-39(62)50(76)60-36(26-42(54)67)47(73)61-38(28-63)49(75)55-31/h16-19,29,31,33-39,63-64H,3-15,20-28H2,1-2H3,(H2,52,65)(H2,53,66)(H2,54,67)(H,55,75)(H,56,68)(H,57,72)(H,58,74)(H,59,71)(H,60,76)(H,61,73)(H,69,70)/t29-,31-,33-,34+,35+,36-,37-,38+,39-/m0/s1. The first-order valence-corrected chi connectivity index (χ1v) is 26.4. The molecule has 2 fully saturated rings. The molecule has 0 saturated carbocycles. The molecule has 16 N–H and O–H groups in total. The van der Waals surface area contributed by atoms with Crippen LogP contribution < -0.4 is 54.4 Å². The molecule has 2 heterocycles. The molecule has 0 aliphatic carbocycles. The van der Waals surface area contributed by atoms with Crippen LogP contribution in [0.25, 0.3) is 0 Å². The first-order valence-electron chi connectivity index (χ1n) is 26.4. The number of nitrogens with zero attached hydrogens (tertiary/aromatic N) is 1. The number of hydrogen-bond acceptors (Lipinski definition) is 14.